The second-order valence-electron chi connectivity index (χ2n) is 6.59. The molecule has 0 bridgehead atoms. The van der Waals surface area contributed by atoms with Gasteiger partial charge in [0.2, 0.25) is 5.91 Å². The Morgan fingerprint density at radius 3 is 2.67 bits per heavy atom. The quantitative estimate of drug-likeness (QED) is 0.485. The zero-order chi connectivity index (χ0) is 19.0. The van der Waals surface area contributed by atoms with Crippen LogP contribution in [0, 0.1) is 0 Å². The lowest BCUT2D eigenvalue weighted by atomic mass is 9.78. The highest BCUT2D eigenvalue weighted by Crippen LogP contribution is 2.37. The van der Waals surface area contributed by atoms with Gasteiger partial charge in [0.1, 0.15) is 29.2 Å². The van der Waals surface area contributed by atoms with Gasteiger partial charge in [-0.2, -0.15) is 0 Å². The number of aliphatic hydroxyl groups excluding tert-OH is 1. The zero-order valence-electron chi connectivity index (χ0n) is 14.7. The van der Waals surface area contributed by atoms with Crippen molar-refractivity contribution in [3.8, 4) is 11.5 Å². The monoisotopic (exact) mass is 400 g/mol. The molecule has 1 fully saturated rings. The van der Waals surface area contributed by atoms with Crippen molar-refractivity contribution in [1.29, 1.82) is 0 Å². The molecule has 27 heavy (non-hydrogen) atoms. The van der Waals surface area contributed by atoms with Gasteiger partial charge in [0.25, 0.3) is 0 Å². The Labute approximate surface area is 162 Å². The largest absolute Gasteiger partial charge is 0.535 e. The summed E-state index contributed by atoms with van der Waals surface area (Å²) in [5, 5.41) is 28.6. The number of carboxylic acid groups (broad SMARTS) is 1. The fraction of sp³-hybridized carbons (Fsp3) is 0.500. The number of nitrogens with zero attached hydrogens (tertiary/aromatic N) is 1. The maximum Gasteiger partial charge on any atom is 0.522 e. The first kappa shape index (κ1) is 21.3. The van der Waals surface area contributed by atoms with E-state index < -0.39 is 25.2 Å². The van der Waals surface area contributed by atoms with E-state index in [1.807, 2.05) is 0 Å². The Bertz CT molecular complexity index is 727. The average molecular weight is 401 g/mol. The third kappa shape index (κ3) is 4.29. The molecular weight excluding hydrogens is 378 g/mol. The molecule has 0 unspecified atom stereocenters. The second kappa shape index (κ2) is 8.34. The van der Waals surface area contributed by atoms with Gasteiger partial charge >= 0.3 is 13.1 Å². The Morgan fingerprint density at radius 2 is 2.07 bits per heavy atom. The average Bonchev–Trinajstić information content (AvgIpc) is 2.55. The van der Waals surface area contributed by atoms with Gasteiger partial charge in [0, 0.05) is 0 Å². The lowest BCUT2D eigenvalue weighted by Crippen LogP contribution is -2.61. The van der Waals surface area contributed by atoms with Crippen LogP contribution >= 0.6 is 12.4 Å². The van der Waals surface area contributed by atoms with Crippen LogP contribution in [0.3, 0.4) is 0 Å². The van der Waals surface area contributed by atoms with Gasteiger partial charge in [0.15, 0.2) is 0 Å². The number of likely N-dealkylation sites (tertiary alicyclic amines) is 1. The fourth-order valence-corrected chi connectivity index (χ4v) is 3.00. The van der Waals surface area contributed by atoms with E-state index in [4.69, 9.17) is 15.1 Å². The minimum Gasteiger partial charge on any atom is -0.535 e. The maximum absolute atomic E-state index is 12.0. The van der Waals surface area contributed by atoms with E-state index >= 15 is 0 Å². The van der Waals surface area contributed by atoms with Crippen LogP contribution < -0.4 is 15.1 Å². The molecule has 2 aliphatic heterocycles. The third-order valence-corrected chi connectivity index (χ3v) is 4.59. The van der Waals surface area contributed by atoms with Gasteiger partial charge in [-0.1, -0.05) is 6.07 Å². The molecular formula is C16H22BClN2O7. The number of aliphatic hydroxyl groups is 1. The van der Waals surface area contributed by atoms with Crippen molar-refractivity contribution in [1.82, 2.24) is 4.90 Å². The summed E-state index contributed by atoms with van der Waals surface area (Å²) in [7, 11) is -1.05. The summed E-state index contributed by atoms with van der Waals surface area (Å²) in [5.41, 5.74) is 6.19. The first-order valence-corrected chi connectivity index (χ1v) is 8.41. The number of ether oxygens (including phenoxy) is 1. The number of fused-ring (bicyclic) bond motifs is 1. The summed E-state index contributed by atoms with van der Waals surface area (Å²) < 4.78 is 11.0. The summed E-state index contributed by atoms with van der Waals surface area (Å²) in [6, 6.07) is 2.28. The number of carbonyl (C=O) groups is 2. The van der Waals surface area contributed by atoms with Gasteiger partial charge < -0.3 is 35.3 Å². The van der Waals surface area contributed by atoms with Crippen molar-refractivity contribution in [3.63, 3.8) is 0 Å². The maximum atomic E-state index is 12.0. The highest BCUT2D eigenvalue weighted by atomic mass is 35.5. The van der Waals surface area contributed by atoms with Crippen LogP contribution in [-0.2, 0) is 11.2 Å². The van der Waals surface area contributed by atoms with Gasteiger partial charge in [-0.15, -0.1) is 12.4 Å². The molecule has 11 heteroatoms. The smallest absolute Gasteiger partial charge is 0.522 e. The highest BCUT2D eigenvalue weighted by Gasteiger charge is 2.37. The van der Waals surface area contributed by atoms with Crippen molar-refractivity contribution in [2.75, 3.05) is 13.1 Å². The van der Waals surface area contributed by atoms with Gasteiger partial charge in [-0.05, 0) is 31.3 Å². The van der Waals surface area contributed by atoms with E-state index in [0.29, 0.717) is 18.3 Å². The molecule has 2 heterocycles. The van der Waals surface area contributed by atoms with Crippen molar-refractivity contribution < 1.29 is 34.2 Å². The number of aryl methyl sites for hydroxylation is 1. The molecule has 0 saturated carbocycles. The number of rotatable bonds is 5. The predicted octanol–water partition coefficient (Wildman–Crippen LogP) is -0.480. The molecule has 0 aliphatic carbocycles. The van der Waals surface area contributed by atoms with Crippen LogP contribution in [0.15, 0.2) is 12.1 Å². The summed E-state index contributed by atoms with van der Waals surface area (Å²) in [6.45, 7) is 1.94. The van der Waals surface area contributed by atoms with E-state index in [0.717, 1.165) is 0 Å². The SMILES string of the molecule is C[C@H](O)[C@@H](N)C(=O)N1CC(Oc2ccc3c(c2C(=O)O)OB(O)CC3)C1.Cl. The highest BCUT2D eigenvalue weighted by molar-refractivity contribution is 6.44. The Morgan fingerprint density at radius 1 is 1.41 bits per heavy atom. The molecule has 0 spiro atoms. The Kier molecular flexibility index (Phi) is 6.58. The number of hydrogen-bond donors (Lipinski definition) is 4. The molecule has 3 rings (SSSR count). The Balaban J connectivity index is 0.00000261. The minimum absolute atomic E-state index is 0. The number of amides is 1. The number of carbonyl (C=O) groups excluding carboxylic acids is 1. The first-order valence-electron chi connectivity index (χ1n) is 8.41. The number of nitrogens with two attached hydrogens (primary N) is 1. The molecule has 1 amide bonds. The van der Waals surface area contributed by atoms with E-state index in [9.17, 15) is 24.8 Å². The van der Waals surface area contributed by atoms with Gasteiger partial charge in [-0.25, -0.2) is 4.79 Å². The van der Waals surface area contributed by atoms with Crippen LogP contribution in [0.25, 0.3) is 0 Å². The molecule has 9 nitrogen and oxygen atoms in total. The van der Waals surface area contributed by atoms with Crippen LogP contribution in [-0.4, -0.2) is 70.5 Å². The second-order valence-corrected chi connectivity index (χ2v) is 6.59. The normalized spacial score (nSPS) is 18.4. The molecule has 1 saturated heterocycles. The minimum atomic E-state index is -1.21. The molecule has 5 N–H and O–H groups in total. The van der Waals surface area contributed by atoms with E-state index in [1.165, 1.54) is 11.8 Å². The lowest BCUT2D eigenvalue weighted by Gasteiger charge is -2.40. The lowest BCUT2D eigenvalue weighted by molar-refractivity contribution is -0.143. The number of hydrogen-bond acceptors (Lipinski definition) is 7. The van der Waals surface area contributed by atoms with Gasteiger partial charge in [0.05, 0.1) is 19.2 Å². The van der Waals surface area contributed by atoms with E-state index in [-0.39, 0.29) is 54.6 Å². The number of aromatic carboxylic acids is 1. The molecule has 0 radical (unpaired) electrons. The summed E-state index contributed by atoms with van der Waals surface area (Å²) >= 11 is 0. The third-order valence-electron chi connectivity index (χ3n) is 4.59. The van der Waals surface area contributed by atoms with Crippen molar-refractivity contribution >= 4 is 31.4 Å². The van der Waals surface area contributed by atoms with E-state index in [2.05, 4.69) is 0 Å². The van der Waals surface area contributed by atoms with Crippen molar-refractivity contribution in [3.05, 3.63) is 23.3 Å². The molecule has 148 valence electrons. The molecule has 2 atom stereocenters. The zero-order valence-corrected chi connectivity index (χ0v) is 15.5. The standard InChI is InChI=1S/C16H21BN2O7.ClH/c1-8(20)13(18)15(21)19-6-10(7-19)25-11-3-2-9-4-5-17(24)26-14(9)12(11)16(22)23;/h2-3,8,10,13,20,24H,4-7,18H2,1H3,(H,22,23);1H/t8-,13+;/m0./s1. The van der Waals surface area contributed by atoms with Crippen LogP contribution in [0.5, 0.6) is 11.5 Å². The van der Waals surface area contributed by atoms with Crippen LogP contribution in [0.2, 0.25) is 6.32 Å². The first-order chi connectivity index (χ1) is 12.3. The predicted molar refractivity (Wildman–Crippen MR) is 98.4 cm³/mol. The molecule has 0 aromatic heterocycles. The van der Waals surface area contributed by atoms with Crippen molar-refractivity contribution in [2.24, 2.45) is 5.73 Å². The molecule has 2 aliphatic rings. The molecule has 1 aromatic carbocycles. The van der Waals surface area contributed by atoms with Crippen LogP contribution in [0.1, 0.15) is 22.8 Å². The number of halogens is 1. The number of benzene rings is 1. The number of carboxylic acids is 1. The topological polar surface area (TPSA) is 143 Å². The fourth-order valence-electron chi connectivity index (χ4n) is 3.00. The summed E-state index contributed by atoms with van der Waals surface area (Å²) in [5.74, 6) is -1.34. The van der Waals surface area contributed by atoms with Crippen LogP contribution in [0.4, 0.5) is 0 Å². The Hall–Kier alpha value is -2.01. The molecule has 1 aromatic rings. The van der Waals surface area contributed by atoms with E-state index in [1.54, 1.807) is 12.1 Å². The summed E-state index contributed by atoms with van der Waals surface area (Å²) in [6.07, 6.45) is -0.426. The summed E-state index contributed by atoms with van der Waals surface area (Å²) in [4.78, 5) is 25.1. The van der Waals surface area contributed by atoms with Crippen molar-refractivity contribution in [2.45, 2.75) is 37.9 Å². The van der Waals surface area contributed by atoms with Gasteiger partial charge in [-0.3, -0.25) is 4.79 Å².